The minimum absolute atomic E-state index is 0.0550. The fourth-order valence-corrected chi connectivity index (χ4v) is 2.19. The summed E-state index contributed by atoms with van der Waals surface area (Å²) >= 11 is 5.88. The molecule has 7 nitrogen and oxygen atoms in total. The molecule has 1 fully saturated rings. The van der Waals surface area contributed by atoms with E-state index in [-0.39, 0.29) is 28.9 Å². The molecule has 1 atom stereocenters. The second kappa shape index (κ2) is 6.65. The van der Waals surface area contributed by atoms with Crippen LogP contribution in [0.15, 0.2) is 18.2 Å². The Kier molecular flexibility index (Phi) is 4.89. The van der Waals surface area contributed by atoms with Crippen molar-refractivity contribution in [3.8, 4) is 0 Å². The lowest BCUT2D eigenvalue weighted by Crippen LogP contribution is -2.45. The van der Waals surface area contributed by atoms with Crippen molar-refractivity contribution >= 4 is 23.2 Å². The number of nitrogens with zero attached hydrogens (tertiary/aromatic N) is 1. The number of ether oxygens (including phenoxy) is 1. The van der Waals surface area contributed by atoms with E-state index in [9.17, 15) is 14.9 Å². The number of nitrogens with one attached hydrogen (secondary N) is 2. The molecule has 1 aromatic carbocycles. The second-order valence-corrected chi connectivity index (χ2v) is 4.71. The maximum Gasteiger partial charge on any atom is 0.283 e. The number of amides is 1. The third-order valence-electron chi connectivity index (χ3n) is 2.91. The molecule has 0 radical (unpaired) electrons. The summed E-state index contributed by atoms with van der Waals surface area (Å²) in [6.07, 6.45) is -0.144. The molecule has 2 N–H and O–H groups in total. The molecule has 2 rings (SSSR count). The third kappa shape index (κ3) is 3.44. The fraction of sp³-hybridized carbons (Fsp3) is 0.417. The van der Waals surface area contributed by atoms with Crippen molar-refractivity contribution in [2.24, 2.45) is 0 Å². The van der Waals surface area contributed by atoms with Crippen molar-refractivity contribution in [3.05, 3.63) is 38.9 Å². The highest BCUT2D eigenvalue weighted by Gasteiger charge is 2.24. The number of hydrogen-bond donors (Lipinski definition) is 2. The van der Waals surface area contributed by atoms with Gasteiger partial charge in [0.05, 0.1) is 22.7 Å². The van der Waals surface area contributed by atoms with Crippen LogP contribution in [-0.4, -0.2) is 43.2 Å². The van der Waals surface area contributed by atoms with E-state index in [2.05, 4.69) is 10.6 Å². The number of carbonyl (C=O) groups is 1. The van der Waals surface area contributed by atoms with Gasteiger partial charge in [0.15, 0.2) is 0 Å². The van der Waals surface area contributed by atoms with Gasteiger partial charge in [0.25, 0.3) is 11.6 Å². The molecule has 1 heterocycles. The Morgan fingerprint density at radius 3 is 3.05 bits per heavy atom. The first-order valence-electron chi connectivity index (χ1n) is 6.13. The largest absolute Gasteiger partial charge is 0.374 e. The Hall–Kier alpha value is -1.70. The van der Waals surface area contributed by atoms with Crippen LogP contribution in [0.4, 0.5) is 5.69 Å². The number of rotatable bonds is 4. The minimum atomic E-state index is -0.626. The first-order chi connectivity index (χ1) is 9.59. The van der Waals surface area contributed by atoms with E-state index in [1.54, 1.807) is 0 Å². The molecule has 1 unspecified atom stereocenters. The molecule has 0 spiro atoms. The zero-order chi connectivity index (χ0) is 14.5. The number of halogens is 1. The Bertz CT molecular complexity index is 517. The predicted molar refractivity (Wildman–Crippen MR) is 73.0 cm³/mol. The van der Waals surface area contributed by atoms with Crippen LogP contribution in [0.25, 0.3) is 0 Å². The smallest absolute Gasteiger partial charge is 0.283 e. The Balaban J connectivity index is 2.06. The zero-order valence-corrected chi connectivity index (χ0v) is 11.4. The summed E-state index contributed by atoms with van der Waals surface area (Å²) in [6, 6.07) is 4.13. The van der Waals surface area contributed by atoms with E-state index in [0.29, 0.717) is 13.2 Å². The normalized spacial score (nSPS) is 18.6. The van der Waals surface area contributed by atoms with Crippen LogP contribution in [0.1, 0.15) is 10.4 Å². The van der Waals surface area contributed by atoms with Crippen LogP contribution in [0.3, 0.4) is 0 Å². The van der Waals surface area contributed by atoms with E-state index < -0.39 is 10.8 Å². The summed E-state index contributed by atoms with van der Waals surface area (Å²) < 4.78 is 5.43. The Morgan fingerprint density at radius 1 is 1.60 bits per heavy atom. The summed E-state index contributed by atoms with van der Waals surface area (Å²) in [7, 11) is 0. The summed E-state index contributed by atoms with van der Waals surface area (Å²) in [5.41, 5.74) is -0.430. The molecule has 1 aromatic rings. The lowest BCUT2D eigenvalue weighted by atomic mass is 10.1. The zero-order valence-electron chi connectivity index (χ0n) is 10.6. The quantitative estimate of drug-likeness (QED) is 0.638. The number of nitro benzene ring substituents is 1. The van der Waals surface area contributed by atoms with Crippen molar-refractivity contribution in [2.75, 3.05) is 26.2 Å². The van der Waals surface area contributed by atoms with Gasteiger partial charge in [0, 0.05) is 25.7 Å². The van der Waals surface area contributed by atoms with E-state index in [1.807, 2.05) is 0 Å². The molecule has 0 aromatic heterocycles. The molecule has 108 valence electrons. The van der Waals surface area contributed by atoms with E-state index >= 15 is 0 Å². The predicted octanol–water partition coefficient (Wildman–Crippen LogP) is 0.966. The first kappa shape index (κ1) is 14.7. The van der Waals surface area contributed by atoms with Gasteiger partial charge in [-0.3, -0.25) is 14.9 Å². The van der Waals surface area contributed by atoms with Crippen molar-refractivity contribution < 1.29 is 14.5 Å². The monoisotopic (exact) mass is 299 g/mol. The molecule has 1 aliphatic rings. The lowest BCUT2D eigenvalue weighted by Gasteiger charge is -2.23. The van der Waals surface area contributed by atoms with Gasteiger partial charge in [0.1, 0.15) is 5.56 Å². The fourth-order valence-electron chi connectivity index (χ4n) is 1.94. The number of hydrogen-bond acceptors (Lipinski definition) is 5. The Labute approximate surface area is 120 Å². The molecule has 1 amide bonds. The summed E-state index contributed by atoms with van der Waals surface area (Å²) in [5.74, 6) is -0.573. The molecule has 0 saturated carbocycles. The summed E-state index contributed by atoms with van der Waals surface area (Å²) in [4.78, 5) is 22.3. The van der Waals surface area contributed by atoms with Gasteiger partial charge in [-0.15, -0.1) is 0 Å². The van der Waals surface area contributed by atoms with E-state index in [4.69, 9.17) is 16.3 Å². The molecule has 0 aliphatic carbocycles. The highest BCUT2D eigenvalue weighted by molar-refractivity contribution is 6.34. The standard InChI is InChI=1S/C12H14ClN3O4/c13-9-2-1-3-10(16(18)19)11(9)12(17)15-7-8-6-14-4-5-20-8/h1-3,8,14H,4-7H2,(H,15,17). The number of carbonyl (C=O) groups excluding carboxylic acids is 1. The van der Waals surface area contributed by atoms with Crippen molar-refractivity contribution in [2.45, 2.75) is 6.10 Å². The molecule has 1 saturated heterocycles. The van der Waals surface area contributed by atoms with E-state index in [1.165, 1.54) is 18.2 Å². The summed E-state index contributed by atoms with van der Waals surface area (Å²) in [6.45, 7) is 2.26. The van der Waals surface area contributed by atoms with Crippen LogP contribution >= 0.6 is 11.6 Å². The number of benzene rings is 1. The first-order valence-corrected chi connectivity index (χ1v) is 6.51. The Morgan fingerprint density at radius 2 is 2.40 bits per heavy atom. The van der Waals surface area contributed by atoms with Crippen LogP contribution in [-0.2, 0) is 4.74 Å². The SMILES string of the molecule is O=C(NCC1CNCCO1)c1c(Cl)cccc1[N+](=O)[O-]. The minimum Gasteiger partial charge on any atom is -0.374 e. The van der Waals surface area contributed by atoms with Gasteiger partial charge in [0.2, 0.25) is 0 Å². The molecule has 8 heteroatoms. The van der Waals surface area contributed by atoms with Gasteiger partial charge < -0.3 is 15.4 Å². The van der Waals surface area contributed by atoms with Gasteiger partial charge >= 0.3 is 0 Å². The molecular formula is C12H14ClN3O4. The maximum atomic E-state index is 12.1. The van der Waals surface area contributed by atoms with Crippen molar-refractivity contribution in [1.29, 1.82) is 0 Å². The van der Waals surface area contributed by atoms with E-state index in [0.717, 1.165) is 6.54 Å². The number of nitro groups is 1. The van der Waals surface area contributed by atoms with Gasteiger partial charge in [-0.25, -0.2) is 0 Å². The average Bonchev–Trinajstić information content (AvgIpc) is 2.45. The maximum absolute atomic E-state index is 12.1. The highest BCUT2D eigenvalue weighted by atomic mass is 35.5. The van der Waals surface area contributed by atoms with Crippen LogP contribution in [0, 0.1) is 10.1 Å². The van der Waals surface area contributed by atoms with Gasteiger partial charge in [-0.1, -0.05) is 17.7 Å². The molecule has 20 heavy (non-hydrogen) atoms. The molecule has 0 bridgehead atoms. The van der Waals surface area contributed by atoms with Crippen LogP contribution in [0.5, 0.6) is 0 Å². The highest BCUT2D eigenvalue weighted by Crippen LogP contribution is 2.25. The van der Waals surface area contributed by atoms with Gasteiger partial charge in [-0.2, -0.15) is 0 Å². The second-order valence-electron chi connectivity index (χ2n) is 4.30. The molecular weight excluding hydrogens is 286 g/mol. The van der Waals surface area contributed by atoms with Gasteiger partial charge in [-0.05, 0) is 6.07 Å². The van der Waals surface area contributed by atoms with Crippen LogP contribution < -0.4 is 10.6 Å². The topological polar surface area (TPSA) is 93.5 Å². The third-order valence-corrected chi connectivity index (χ3v) is 3.23. The van der Waals surface area contributed by atoms with Crippen LogP contribution in [0.2, 0.25) is 5.02 Å². The molecule has 1 aliphatic heterocycles. The van der Waals surface area contributed by atoms with Crippen molar-refractivity contribution in [3.63, 3.8) is 0 Å². The average molecular weight is 300 g/mol. The summed E-state index contributed by atoms with van der Waals surface area (Å²) in [5, 5.41) is 16.7. The number of morpholine rings is 1. The van der Waals surface area contributed by atoms with Crippen molar-refractivity contribution in [1.82, 2.24) is 10.6 Å². The lowest BCUT2D eigenvalue weighted by molar-refractivity contribution is -0.385.